The average Bonchev–Trinajstić information content (AvgIpc) is 2.27. The van der Waals surface area contributed by atoms with Gasteiger partial charge in [0, 0.05) is 12.1 Å². The summed E-state index contributed by atoms with van der Waals surface area (Å²) >= 11 is 0. The lowest BCUT2D eigenvalue weighted by atomic mass is 9.92. The van der Waals surface area contributed by atoms with Crippen LogP contribution in [0.1, 0.15) is 53.4 Å². The summed E-state index contributed by atoms with van der Waals surface area (Å²) in [6.45, 7) is 15.1. The topological polar surface area (TPSA) is 12.5 Å². The fraction of sp³-hybridized carbons (Fsp3) is 1.00. The second-order valence-corrected chi connectivity index (χ2v) is 12.1. The van der Waals surface area contributed by atoms with Crippen molar-refractivity contribution >= 4 is 8.32 Å². The van der Waals surface area contributed by atoms with Crippen LogP contribution >= 0.6 is 0 Å². The van der Waals surface area contributed by atoms with Gasteiger partial charge < -0.3 is 9.33 Å². The predicted molar refractivity (Wildman–Crippen MR) is 82.6 cm³/mol. The third-order valence-electron chi connectivity index (χ3n) is 5.03. The summed E-state index contributed by atoms with van der Waals surface area (Å²) in [6.07, 6.45) is 5.64. The molecule has 0 radical (unpaired) electrons. The van der Waals surface area contributed by atoms with Gasteiger partial charge in [-0.25, -0.2) is 0 Å². The molecule has 108 valence electrons. The van der Waals surface area contributed by atoms with E-state index < -0.39 is 8.32 Å². The van der Waals surface area contributed by atoms with Crippen molar-refractivity contribution in [2.24, 2.45) is 0 Å². The first-order valence-corrected chi connectivity index (χ1v) is 10.5. The van der Waals surface area contributed by atoms with Crippen LogP contribution in [0, 0.1) is 0 Å². The molecule has 2 nitrogen and oxygen atoms in total. The van der Waals surface area contributed by atoms with E-state index in [1.807, 2.05) is 0 Å². The van der Waals surface area contributed by atoms with E-state index in [1.165, 1.54) is 32.2 Å². The van der Waals surface area contributed by atoms with E-state index in [1.54, 1.807) is 0 Å². The number of nitrogens with zero attached hydrogens (tertiary/aromatic N) is 1. The Morgan fingerprint density at radius 1 is 1.11 bits per heavy atom. The van der Waals surface area contributed by atoms with Crippen molar-refractivity contribution in [3.8, 4) is 0 Å². The first kappa shape index (κ1) is 16.2. The first-order valence-electron chi connectivity index (χ1n) is 7.55. The Hall–Kier alpha value is 0.137. The molecule has 1 saturated carbocycles. The third-order valence-corrected chi connectivity index (χ3v) is 9.57. The van der Waals surface area contributed by atoms with E-state index in [0.29, 0.717) is 11.1 Å². The molecule has 1 aliphatic rings. The fourth-order valence-corrected chi connectivity index (χ4v) is 3.88. The van der Waals surface area contributed by atoms with Crippen LogP contribution in [-0.4, -0.2) is 39.0 Å². The lowest BCUT2D eigenvalue weighted by molar-refractivity contribution is 0.0928. The van der Waals surface area contributed by atoms with Gasteiger partial charge >= 0.3 is 0 Å². The third kappa shape index (κ3) is 4.07. The maximum absolute atomic E-state index is 6.53. The maximum atomic E-state index is 6.53. The van der Waals surface area contributed by atoms with Crippen molar-refractivity contribution in [2.45, 2.75) is 83.7 Å². The summed E-state index contributed by atoms with van der Waals surface area (Å²) in [5.41, 5.74) is 0. The summed E-state index contributed by atoms with van der Waals surface area (Å²) in [7, 11) is 0.686. The molecule has 0 aromatic heterocycles. The van der Waals surface area contributed by atoms with E-state index in [2.05, 4.69) is 52.7 Å². The van der Waals surface area contributed by atoms with Gasteiger partial charge in [0.15, 0.2) is 8.32 Å². The van der Waals surface area contributed by atoms with Crippen molar-refractivity contribution in [3.05, 3.63) is 0 Å². The van der Waals surface area contributed by atoms with Crippen LogP contribution in [0.2, 0.25) is 18.1 Å². The summed E-state index contributed by atoms with van der Waals surface area (Å²) in [5.74, 6) is 0. The highest BCUT2D eigenvalue weighted by atomic mass is 28.4. The lowest BCUT2D eigenvalue weighted by Gasteiger charge is -2.42. The van der Waals surface area contributed by atoms with Crippen LogP contribution in [0.3, 0.4) is 0 Å². The quantitative estimate of drug-likeness (QED) is 0.708. The molecule has 0 atom stereocenters. The van der Waals surface area contributed by atoms with E-state index in [-0.39, 0.29) is 0 Å². The minimum absolute atomic E-state index is 0.337. The van der Waals surface area contributed by atoms with Gasteiger partial charge in [-0.15, -0.1) is 0 Å². The molecule has 3 heteroatoms. The molecule has 0 unspecified atom stereocenters. The zero-order valence-electron chi connectivity index (χ0n) is 13.5. The molecule has 18 heavy (non-hydrogen) atoms. The first-order chi connectivity index (χ1) is 8.17. The van der Waals surface area contributed by atoms with Gasteiger partial charge in [-0.05, 0) is 57.4 Å². The van der Waals surface area contributed by atoms with Crippen molar-refractivity contribution in [1.82, 2.24) is 4.90 Å². The molecule has 0 saturated heterocycles. The van der Waals surface area contributed by atoms with E-state index >= 15 is 0 Å². The molecule has 0 spiro atoms. The van der Waals surface area contributed by atoms with Crippen LogP contribution in [-0.2, 0) is 4.43 Å². The van der Waals surface area contributed by atoms with Crippen molar-refractivity contribution < 1.29 is 4.43 Å². The van der Waals surface area contributed by atoms with Gasteiger partial charge in [0.2, 0.25) is 0 Å². The zero-order chi connectivity index (χ0) is 14.0. The van der Waals surface area contributed by atoms with Gasteiger partial charge in [0.25, 0.3) is 0 Å². The Morgan fingerprint density at radius 2 is 1.61 bits per heavy atom. The molecule has 0 bridgehead atoms. The minimum Gasteiger partial charge on any atom is -0.414 e. The normalized spacial score (nSPS) is 26.7. The Bertz CT molecular complexity index is 252. The largest absolute Gasteiger partial charge is 0.414 e. The number of rotatable bonds is 4. The Kier molecular flexibility index (Phi) is 5.45. The Labute approximate surface area is 115 Å². The van der Waals surface area contributed by atoms with Gasteiger partial charge in [-0.1, -0.05) is 27.7 Å². The van der Waals surface area contributed by atoms with Gasteiger partial charge in [-0.2, -0.15) is 0 Å². The van der Waals surface area contributed by atoms with Crippen molar-refractivity contribution in [1.29, 1.82) is 0 Å². The molecular formula is C15H33NOSi. The summed E-state index contributed by atoms with van der Waals surface area (Å²) in [6, 6.07) is 0.786. The maximum Gasteiger partial charge on any atom is 0.192 e. The smallest absolute Gasteiger partial charge is 0.192 e. The average molecular weight is 272 g/mol. The molecule has 0 aromatic carbocycles. The fourth-order valence-electron chi connectivity index (χ4n) is 2.46. The van der Waals surface area contributed by atoms with Crippen molar-refractivity contribution in [3.63, 3.8) is 0 Å². The lowest BCUT2D eigenvalue weighted by Crippen LogP contribution is -2.46. The van der Waals surface area contributed by atoms with Gasteiger partial charge in [-0.3, -0.25) is 0 Å². The van der Waals surface area contributed by atoms with Crippen LogP contribution in [0.15, 0.2) is 0 Å². The minimum atomic E-state index is -1.56. The monoisotopic (exact) mass is 271 g/mol. The SMILES string of the molecule is CCN(C)C1CCC(O[Si](C)(C)C(C)(C)C)CC1. The molecule has 1 rings (SSSR count). The summed E-state index contributed by atoms with van der Waals surface area (Å²) < 4.78 is 6.53. The van der Waals surface area contributed by atoms with Gasteiger partial charge in [0.05, 0.1) is 0 Å². The second kappa shape index (κ2) is 6.06. The summed E-state index contributed by atoms with van der Waals surface area (Å²) in [5, 5.41) is 0.337. The highest BCUT2D eigenvalue weighted by molar-refractivity contribution is 6.74. The van der Waals surface area contributed by atoms with Crippen LogP contribution in [0.4, 0.5) is 0 Å². The second-order valence-electron chi connectivity index (χ2n) is 7.38. The van der Waals surface area contributed by atoms with Gasteiger partial charge in [0.1, 0.15) is 0 Å². The van der Waals surface area contributed by atoms with Crippen LogP contribution in [0.25, 0.3) is 0 Å². The van der Waals surface area contributed by atoms with E-state index in [9.17, 15) is 0 Å². The Morgan fingerprint density at radius 3 is 2.00 bits per heavy atom. The standard InChI is InChI=1S/C15H33NOSi/c1-8-16(5)13-9-11-14(12-10-13)17-18(6,7)15(2,3)4/h13-14H,8-12H2,1-7H3. The summed E-state index contributed by atoms with van der Waals surface area (Å²) in [4.78, 5) is 2.49. The molecule has 0 aliphatic heterocycles. The van der Waals surface area contributed by atoms with Crippen LogP contribution < -0.4 is 0 Å². The Balaban J connectivity index is 2.45. The highest BCUT2D eigenvalue weighted by Crippen LogP contribution is 2.39. The van der Waals surface area contributed by atoms with E-state index in [0.717, 1.165) is 6.04 Å². The van der Waals surface area contributed by atoms with E-state index in [4.69, 9.17) is 4.43 Å². The molecule has 0 aromatic rings. The predicted octanol–water partition coefficient (Wildman–Crippen LogP) is 4.27. The molecule has 0 heterocycles. The molecule has 0 amide bonds. The molecule has 1 aliphatic carbocycles. The zero-order valence-corrected chi connectivity index (χ0v) is 14.5. The highest BCUT2D eigenvalue weighted by Gasteiger charge is 2.39. The van der Waals surface area contributed by atoms with Crippen LogP contribution in [0.5, 0.6) is 0 Å². The number of hydrogen-bond donors (Lipinski definition) is 0. The number of hydrogen-bond acceptors (Lipinski definition) is 2. The molecule has 1 fully saturated rings. The molecule has 0 N–H and O–H groups in total. The molecular weight excluding hydrogens is 238 g/mol. The van der Waals surface area contributed by atoms with Crippen molar-refractivity contribution in [2.75, 3.05) is 13.6 Å².